The second-order valence-corrected chi connectivity index (χ2v) is 10.7. The Bertz CT molecular complexity index is 1220. The summed E-state index contributed by atoms with van der Waals surface area (Å²) in [7, 11) is 5.66. The van der Waals surface area contributed by atoms with Gasteiger partial charge in [0.2, 0.25) is 5.91 Å². The minimum absolute atomic E-state index is 0.0220. The van der Waals surface area contributed by atoms with Crippen molar-refractivity contribution in [1.82, 2.24) is 4.90 Å². The number of aliphatic hydroxyl groups is 1. The van der Waals surface area contributed by atoms with Crippen LogP contribution >= 0.6 is 0 Å². The van der Waals surface area contributed by atoms with Gasteiger partial charge in [0.05, 0.1) is 42.1 Å². The van der Waals surface area contributed by atoms with Crippen LogP contribution in [0.1, 0.15) is 30.4 Å². The summed E-state index contributed by atoms with van der Waals surface area (Å²) in [5.74, 6) is 1.61. The van der Waals surface area contributed by atoms with Crippen LogP contribution in [0.3, 0.4) is 0 Å². The van der Waals surface area contributed by atoms with E-state index < -0.39 is 11.0 Å². The second-order valence-electron chi connectivity index (χ2n) is 10.7. The number of carbonyl (C=O) groups is 1. The van der Waals surface area contributed by atoms with Crippen molar-refractivity contribution in [3.05, 3.63) is 47.5 Å². The molecule has 0 unspecified atom stereocenters. The molecule has 2 aromatic carbocycles. The summed E-state index contributed by atoms with van der Waals surface area (Å²) in [4.78, 5) is 19.4. The molecular weight excluding hydrogens is 430 g/mol. The van der Waals surface area contributed by atoms with Crippen molar-refractivity contribution < 1.29 is 19.4 Å². The highest BCUT2D eigenvalue weighted by Gasteiger charge is 2.73. The van der Waals surface area contributed by atoms with Gasteiger partial charge in [0, 0.05) is 18.7 Å². The lowest BCUT2D eigenvalue weighted by molar-refractivity contribution is -0.184. The third-order valence-corrected chi connectivity index (χ3v) is 9.54. The number of likely N-dealkylation sites (tertiary alicyclic amines) is 1. The fraction of sp³-hybridized carbons (Fsp3) is 0.519. The molecule has 5 atom stereocenters. The number of hydrogen-bond acceptors (Lipinski definition) is 6. The lowest BCUT2D eigenvalue weighted by Gasteiger charge is -2.64. The number of benzene rings is 2. The highest BCUT2D eigenvalue weighted by atomic mass is 16.5. The Morgan fingerprint density at radius 2 is 1.91 bits per heavy atom. The van der Waals surface area contributed by atoms with E-state index in [2.05, 4.69) is 29.0 Å². The largest absolute Gasteiger partial charge is 0.493 e. The molecule has 7 nitrogen and oxygen atoms in total. The Morgan fingerprint density at radius 1 is 1.12 bits per heavy atom. The van der Waals surface area contributed by atoms with Crippen molar-refractivity contribution in [2.24, 2.45) is 0 Å². The highest BCUT2D eigenvalue weighted by molar-refractivity contribution is 6.03. The number of methoxy groups -OCH3 is 1. The van der Waals surface area contributed by atoms with E-state index in [0.717, 1.165) is 54.2 Å². The van der Waals surface area contributed by atoms with Crippen LogP contribution in [-0.4, -0.2) is 74.0 Å². The number of anilines is 2. The van der Waals surface area contributed by atoms with Gasteiger partial charge in [-0.3, -0.25) is 4.79 Å². The number of piperidine rings is 1. The van der Waals surface area contributed by atoms with Gasteiger partial charge in [-0.1, -0.05) is 18.2 Å². The molecule has 2 aliphatic carbocycles. The summed E-state index contributed by atoms with van der Waals surface area (Å²) >= 11 is 0. The van der Waals surface area contributed by atoms with Crippen LogP contribution in [-0.2, 0) is 16.6 Å². The number of hydrogen-bond donors (Lipinski definition) is 1. The maximum Gasteiger partial charge on any atom is 0.246 e. The minimum Gasteiger partial charge on any atom is -0.493 e. The van der Waals surface area contributed by atoms with Gasteiger partial charge >= 0.3 is 0 Å². The molecule has 178 valence electrons. The Morgan fingerprint density at radius 3 is 2.71 bits per heavy atom. The van der Waals surface area contributed by atoms with E-state index in [0.29, 0.717) is 13.0 Å². The van der Waals surface area contributed by atoms with Crippen molar-refractivity contribution in [3.63, 3.8) is 0 Å². The summed E-state index contributed by atoms with van der Waals surface area (Å²) in [6.07, 6.45) is 2.85. The number of carbonyl (C=O) groups excluding carboxylic acids is 1. The average molecular weight is 462 g/mol. The molecule has 3 aliphatic heterocycles. The first-order chi connectivity index (χ1) is 16.4. The quantitative estimate of drug-likeness (QED) is 0.741. The van der Waals surface area contributed by atoms with Crippen LogP contribution in [0.2, 0.25) is 0 Å². The Labute approximate surface area is 199 Å². The summed E-state index contributed by atoms with van der Waals surface area (Å²) < 4.78 is 12.6. The third-order valence-electron chi connectivity index (χ3n) is 9.54. The number of amides is 1. The van der Waals surface area contributed by atoms with E-state index in [4.69, 9.17) is 9.47 Å². The Kier molecular flexibility index (Phi) is 4.04. The smallest absolute Gasteiger partial charge is 0.246 e. The molecule has 1 saturated heterocycles. The predicted molar refractivity (Wildman–Crippen MR) is 129 cm³/mol. The Hall–Kier alpha value is -2.77. The highest BCUT2D eigenvalue weighted by Crippen LogP contribution is 2.66. The molecule has 2 bridgehead atoms. The van der Waals surface area contributed by atoms with Crippen molar-refractivity contribution in [1.29, 1.82) is 0 Å². The predicted octanol–water partition coefficient (Wildman–Crippen LogP) is 2.33. The topological polar surface area (TPSA) is 65.5 Å². The van der Waals surface area contributed by atoms with E-state index in [1.54, 1.807) is 12.0 Å². The fourth-order valence-corrected chi connectivity index (χ4v) is 7.95. The molecule has 3 heterocycles. The summed E-state index contributed by atoms with van der Waals surface area (Å²) in [6, 6.07) is 12.3. The lowest BCUT2D eigenvalue weighted by atomic mass is 9.48. The third kappa shape index (κ3) is 2.23. The molecule has 2 aromatic rings. The van der Waals surface area contributed by atoms with E-state index in [1.807, 2.05) is 31.3 Å². The number of para-hydroxylation sites is 2. The first kappa shape index (κ1) is 20.6. The van der Waals surface area contributed by atoms with Crippen LogP contribution in [0.25, 0.3) is 0 Å². The zero-order valence-electron chi connectivity index (χ0n) is 20.0. The monoisotopic (exact) mass is 461 g/mol. The van der Waals surface area contributed by atoms with Gasteiger partial charge < -0.3 is 29.3 Å². The molecule has 34 heavy (non-hydrogen) atoms. The maximum absolute atomic E-state index is 13.0. The van der Waals surface area contributed by atoms with Crippen LogP contribution in [0, 0.1) is 0 Å². The molecule has 5 aliphatic rings. The SMILES string of the molecule is COc1ccc2c3c1O[C@H]1[C@H](N4CC(=O)N(C)c5ccccc54)CC[C@@]4(O)[C@@H](C2)N(C)CC[C@]314. The molecule has 2 fully saturated rings. The summed E-state index contributed by atoms with van der Waals surface area (Å²) in [5, 5.41) is 12.5. The van der Waals surface area contributed by atoms with Gasteiger partial charge in [-0.25, -0.2) is 0 Å². The van der Waals surface area contributed by atoms with E-state index in [-0.39, 0.29) is 24.1 Å². The normalized spacial score (nSPS) is 35.5. The maximum atomic E-state index is 13.0. The molecule has 1 spiro atoms. The standard InChI is InChI=1S/C27H31N3O4/c1-28-13-12-26-23-16-8-9-20(33-3)24(23)34-25(26)19(10-11-27(26,32)21(28)14-16)30-15-22(31)29(2)17-6-4-5-7-18(17)30/h4-9,19,21,25,32H,10-15H2,1-3H3/t19-,21-,25+,26+,27-/m1/s1. The van der Waals surface area contributed by atoms with Gasteiger partial charge in [-0.2, -0.15) is 0 Å². The average Bonchev–Trinajstić information content (AvgIpc) is 3.19. The molecule has 1 amide bonds. The van der Waals surface area contributed by atoms with Crippen molar-refractivity contribution >= 4 is 17.3 Å². The second kappa shape index (κ2) is 6.67. The number of nitrogens with zero attached hydrogens (tertiary/aromatic N) is 3. The van der Waals surface area contributed by atoms with Crippen molar-refractivity contribution in [2.75, 3.05) is 44.1 Å². The van der Waals surface area contributed by atoms with Crippen LogP contribution < -0.4 is 19.3 Å². The number of likely N-dealkylation sites (N-methyl/N-ethyl adjacent to an activating group) is 2. The number of rotatable bonds is 2. The van der Waals surface area contributed by atoms with E-state index >= 15 is 0 Å². The van der Waals surface area contributed by atoms with Crippen LogP contribution in [0.5, 0.6) is 11.5 Å². The fourth-order valence-electron chi connectivity index (χ4n) is 7.95. The zero-order chi connectivity index (χ0) is 23.4. The molecule has 0 radical (unpaired) electrons. The van der Waals surface area contributed by atoms with Crippen LogP contribution in [0.4, 0.5) is 11.4 Å². The number of ether oxygens (including phenoxy) is 2. The first-order valence-electron chi connectivity index (χ1n) is 12.3. The van der Waals surface area contributed by atoms with E-state index in [9.17, 15) is 9.90 Å². The first-order valence-corrected chi connectivity index (χ1v) is 12.3. The molecule has 1 N–H and O–H groups in total. The molecular formula is C27H31N3O4. The van der Waals surface area contributed by atoms with Crippen LogP contribution in [0.15, 0.2) is 36.4 Å². The molecule has 1 saturated carbocycles. The number of fused-ring (bicyclic) bond motifs is 1. The zero-order valence-corrected chi connectivity index (χ0v) is 20.0. The Balaban J connectivity index is 1.43. The lowest BCUT2D eigenvalue weighted by Crippen LogP contribution is -2.78. The molecule has 7 rings (SSSR count). The van der Waals surface area contributed by atoms with Gasteiger partial charge in [0.1, 0.15) is 6.10 Å². The minimum atomic E-state index is -0.873. The summed E-state index contributed by atoms with van der Waals surface area (Å²) in [5.41, 5.74) is 3.02. The van der Waals surface area contributed by atoms with Gasteiger partial charge in [-0.15, -0.1) is 0 Å². The molecule has 7 heteroatoms. The van der Waals surface area contributed by atoms with E-state index in [1.165, 1.54) is 5.56 Å². The van der Waals surface area contributed by atoms with Crippen molar-refractivity contribution in [3.8, 4) is 11.5 Å². The molecule has 0 aromatic heterocycles. The van der Waals surface area contributed by atoms with Gasteiger partial charge in [-0.05, 0) is 63.0 Å². The van der Waals surface area contributed by atoms with Gasteiger partial charge in [0.15, 0.2) is 11.5 Å². The van der Waals surface area contributed by atoms with Gasteiger partial charge in [0.25, 0.3) is 0 Å². The van der Waals surface area contributed by atoms with Crippen molar-refractivity contribution in [2.45, 2.75) is 54.9 Å². The summed E-state index contributed by atoms with van der Waals surface area (Å²) in [6.45, 7) is 1.23.